The third kappa shape index (κ3) is 10.0. The predicted octanol–water partition coefficient (Wildman–Crippen LogP) is -12.2. The van der Waals surface area contributed by atoms with Gasteiger partial charge in [0.05, 0.1) is 39.6 Å². The molecule has 0 unspecified atom stereocenters. The molecule has 394 valence electrons. The quantitative estimate of drug-likeness (QED) is 0.110. The van der Waals surface area contributed by atoms with E-state index in [1.54, 1.807) is 0 Å². The maximum absolute atomic E-state index is 11.5. The minimum absolute atomic E-state index is 0.956. The Morgan fingerprint density at radius 1 is 0.206 bits per heavy atom. The first-order valence-corrected chi connectivity index (χ1v) is 21.6. The zero-order valence-electron chi connectivity index (χ0n) is 35.3. The fraction of sp³-hybridized carbons (Fsp3) is 1.00. The van der Waals surface area contributed by atoms with E-state index in [1.807, 2.05) is 0 Å². The van der Waals surface area contributed by atoms with Crippen LogP contribution in [0.4, 0.5) is 0 Å². The number of aliphatic hydroxyl groups excluding tert-OH is 16. The number of rotatable bonds is 6. The Labute approximate surface area is 382 Å². The Hall–Kier alpha value is -1.28. The van der Waals surface area contributed by atoms with Crippen molar-refractivity contribution in [2.45, 2.75) is 184 Å². The molecule has 16 N–H and O–H groups in total. The van der Waals surface area contributed by atoms with Crippen LogP contribution < -0.4 is 0 Å². The second kappa shape index (κ2) is 22.5. The van der Waals surface area contributed by atoms with Gasteiger partial charge in [-0.3, -0.25) is 0 Å². The largest absolute Gasteiger partial charge is 0.394 e. The number of hydrogen-bond donors (Lipinski definition) is 16. The van der Waals surface area contributed by atoms with Crippen LogP contribution in [0.2, 0.25) is 0 Å². The number of ether oxygens (including phenoxy) is 12. The lowest BCUT2D eigenvalue weighted by Gasteiger charge is -2.51. The van der Waals surface area contributed by atoms with E-state index in [2.05, 4.69) is 0 Å². The van der Waals surface area contributed by atoms with Gasteiger partial charge < -0.3 is 139 Å². The van der Waals surface area contributed by atoms with Gasteiger partial charge in [0.15, 0.2) is 49.9 Å². The van der Waals surface area contributed by atoms with E-state index in [1.165, 1.54) is 0 Å². The maximum atomic E-state index is 11.5. The molecular weight excluding hydrogens is 944 g/mol. The van der Waals surface area contributed by atoms with Crippen molar-refractivity contribution in [2.75, 3.05) is 39.6 Å². The molecule has 0 saturated carbocycles. The normalized spacial score (nSPS) is 55.1. The lowest BCUT2D eigenvalue weighted by molar-refractivity contribution is -0.666. The second-order valence-corrected chi connectivity index (χ2v) is 17.1. The van der Waals surface area contributed by atoms with Crippen molar-refractivity contribution in [3.05, 3.63) is 0 Å². The first kappa shape index (κ1) is 53.0. The number of aliphatic hydroxyl groups is 16. The highest BCUT2D eigenvalue weighted by Crippen LogP contribution is 2.39. The third-order valence-corrected chi connectivity index (χ3v) is 12.9. The van der Waals surface area contributed by atoms with Crippen molar-refractivity contribution < 1.29 is 158 Å². The van der Waals surface area contributed by atoms with Crippen molar-refractivity contribution in [3.63, 3.8) is 0 Å². The van der Waals surface area contributed by atoms with E-state index in [0.717, 1.165) is 0 Å². The van der Waals surface area contributed by atoms with Crippen LogP contribution in [-0.4, -0.2) is 306 Å². The molecule has 0 spiro atoms. The minimum atomic E-state index is -2.15. The fourth-order valence-corrected chi connectivity index (χ4v) is 9.24. The fourth-order valence-electron chi connectivity index (χ4n) is 9.24. The van der Waals surface area contributed by atoms with Crippen LogP contribution in [0.25, 0.3) is 0 Å². The first-order valence-electron chi connectivity index (χ1n) is 21.6. The SMILES string of the molecule is OC[C@H]1O[C@@H]2O[C@@H]3[C@@H]4OOOO[C@H]([C@H]2O)[C@H]1O[C@H]1O[C@H](CO)[C@@H](O[C@H]2O[C@H](CO)[C@@H](O[C@H]5O[C@H](CO)[C@@H](O[C@H]6O[C@H](CO)[C@@H](O[C@@H](O[C@@H]3CO)[C@@H]4O)[C@H](O)[C@H]6O)[C@H](O)[C@H]5O)[C@H](O)[C@H]2O)[C@H](O)[C@H]1O. The molecule has 0 aromatic rings. The van der Waals surface area contributed by atoms with E-state index in [4.69, 9.17) is 76.7 Å². The van der Waals surface area contributed by atoms with Crippen LogP contribution >= 0.6 is 0 Å². The molecule has 0 aliphatic carbocycles. The summed E-state index contributed by atoms with van der Waals surface area (Å²) in [6.45, 7) is -5.90. The molecule has 24 aliphatic rings. The van der Waals surface area contributed by atoms with Gasteiger partial charge in [-0.15, -0.1) is 0 Å². The van der Waals surface area contributed by atoms with Gasteiger partial charge in [-0.1, -0.05) is 0 Å². The molecule has 68 heavy (non-hydrogen) atoms. The van der Waals surface area contributed by atoms with Gasteiger partial charge in [0.25, 0.3) is 0 Å². The van der Waals surface area contributed by atoms with Crippen molar-refractivity contribution in [1.82, 2.24) is 0 Å². The summed E-state index contributed by atoms with van der Waals surface area (Å²) < 4.78 is 69.0. The van der Waals surface area contributed by atoms with Gasteiger partial charge >= 0.3 is 0 Å². The molecule has 24 fully saturated rings. The predicted molar refractivity (Wildman–Crippen MR) is 196 cm³/mol. The summed E-state index contributed by atoms with van der Waals surface area (Å²) in [5, 5.41) is 185. The lowest BCUT2D eigenvalue weighted by atomic mass is 9.94. The van der Waals surface area contributed by atoms with Crippen LogP contribution in [0.3, 0.4) is 0 Å². The van der Waals surface area contributed by atoms with Crippen LogP contribution in [0.1, 0.15) is 0 Å². The topological polar surface area (TPSA) is 471 Å². The van der Waals surface area contributed by atoms with E-state index in [9.17, 15) is 81.7 Å². The van der Waals surface area contributed by atoms with E-state index in [-0.39, 0.29) is 0 Å². The molecule has 30 atom stereocenters. The van der Waals surface area contributed by atoms with Gasteiger partial charge in [-0.25, -0.2) is 0 Å². The van der Waals surface area contributed by atoms with E-state index in [0.29, 0.717) is 0 Å². The van der Waals surface area contributed by atoms with Crippen molar-refractivity contribution in [2.24, 2.45) is 0 Å². The van der Waals surface area contributed by atoms with Crippen molar-refractivity contribution in [1.29, 1.82) is 0 Å². The summed E-state index contributed by atoms with van der Waals surface area (Å²) in [7, 11) is 0. The number of hydrogen-bond acceptors (Lipinski definition) is 32. The standard InChI is InChI=1S/C36H58O32/c37-1-7-23-14(44)18(48)32(54-7)61-25-9(3-39)56-34(20(50)16(25)46)63-27-11(5-41)58-36-22(52)30(27)66-68-67-65-29-21(51)35(57-12(6-42)28(29)64-36)62-26-10(4-40)55-33(19(49)15(26)45)60-24-8(2-38)53-31(59-23)17(47)13(24)43/h7-52H,1-6H2/t7-,8-,9-,10-,11-,12-,13-,14-,15-,16-,17-,18-,19-,20-,21-,22-,23-,24-,25-,26-,27+,28+,29-,30-,31-,32-,33-,34-,35-,36-/m1/s1. The molecule has 0 aromatic carbocycles. The summed E-state index contributed by atoms with van der Waals surface area (Å²) in [6.07, 6.45) is -57.3. The Kier molecular flexibility index (Phi) is 17.5. The van der Waals surface area contributed by atoms with E-state index < -0.39 is 224 Å². The molecule has 0 amide bonds. The summed E-state index contributed by atoms with van der Waals surface area (Å²) in [4.78, 5) is 10.4. The average Bonchev–Trinajstić information content (AvgIpc) is 3.33. The van der Waals surface area contributed by atoms with Crippen molar-refractivity contribution in [3.8, 4) is 0 Å². The second-order valence-electron chi connectivity index (χ2n) is 17.1. The zero-order valence-corrected chi connectivity index (χ0v) is 35.3. The first-order chi connectivity index (χ1) is 32.6. The Bertz CT molecular complexity index is 1580. The summed E-state index contributed by atoms with van der Waals surface area (Å²) in [5.41, 5.74) is 0. The molecule has 0 aromatic heterocycles. The molecular formula is C36H58O32. The summed E-state index contributed by atoms with van der Waals surface area (Å²) in [6, 6.07) is 0. The molecule has 14 bridgehead atoms. The minimum Gasteiger partial charge on any atom is -0.394 e. The van der Waals surface area contributed by atoms with Crippen LogP contribution in [0.15, 0.2) is 0 Å². The monoisotopic (exact) mass is 1000 g/mol. The Morgan fingerprint density at radius 2 is 0.397 bits per heavy atom. The van der Waals surface area contributed by atoms with Gasteiger partial charge in [0.1, 0.15) is 134 Å². The summed E-state index contributed by atoms with van der Waals surface area (Å²) in [5.74, 6) is 0. The maximum Gasteiger partial charge on any atom is 0.187 e. The molecule has 32 heteroatoms. The van der Waals surface area contributed by atoms with Gasteiger partial charge in [-0.05, 0) is 10.1 Å². The third-order valence-electron chi connectivity index (χ3n) is 12.9. The van der Waals surface area contributed by atoms with Crippen LogP contribution in [0.5, 0.6) is 0 Å². The van der Waals surface area contributed by atoms with E-state index >= 15 is 0 Å². The molecule has 24 rings (SSSR count). The van der Waals surface area contributed by atoms with Crippen LogP contribution in [-0.2, 0) is 76.7 Å². The molecule has 24 saturated heterocycles. The van der Waals surface area contributed by atoms with Gasteiger partial charge in [0.2, 0.25) is 0 Å². The molecule has 24 heterocycles. The molecule has 24 aliphatic heterocycles. The highest BCUT2D eigenvalue weighted by Gasteiger charge is 2.60. The zero-order chi connectivity index (χ0) is 48.9. The Morgan fingerprint density at radius 3 is 0.618 bits per heavy atom. The van der Waals surface area contributed by atoms with Gasteiger partial charge in [-0.2, -0.15) is 9.78 Å². The molecule has 0 radical (unpaired) electrons. The van der Waals surface area contributed by atoms with Crippen molar-refractivity contribution >= 4 is 0 Å². The highest BCUT2D eigenvalue weighted by atomic mass is 17.7. The lowest BCUT2D eigenvalue weighted by Crippen LogP contribution is -2.69. The average molecular weight is 1000 g/mol. The van der Waals surface area contributed by atoms with Crippen LogP contribution in [0, 0.1) is 0 Å². The smallest absolute Gasteiger partial charge is 0.187 e. The van der Waals surface area contributed by atoms with Gasteiger partial charge in [0, 0.05) is 0 Å². The highest BCUT2D eigenvalue weighted by molar-refractivity contribution is 5.01. The molecule has 32 nitrogen and oxygen atoms in total. The Balaban J connectivity index is 1.12. The summed E-state index contributed by atoms with van der Waals surface area (Å²) >= 11 is 0.